The predicted molar refractivity (Wildman–Crippen MR) is 120 cm³/mol. The third-order valence-electron chi connectivity index (χ3n) is 5.96. The standard InChI is InChI=1S/C23H28FN5O5/c1-13-11-14(8-9-15(13)24)12-25-20(31)17-18(30)21(32)29-10-6-5-7-16(19(29)26-17)28(4)23(34)22(33)27(2)3/h8-9,11,16-17H,5-7,10,12H2,1-4H3,(H,25,31). The highest BCUT2D eigenvalue weighted by molar-refractivity contribution is 6.46. The van der Waals surface area contributed by atoms with E-state index in [2.05, 4.69) is 10.3 Å². The molecule has 0 spiro atoms. The second kappa shape index (κ2) is 10.1. The Balaban J connectivity index is 1.87. The van der Waals surface area contributed by atoms with E-state index in [1.807, 2.05) is 0 Å². The first-order valence-corrected chi connectivity index (χ1v) is 11.0. The number of amidine groups is 1. The van der Waals surface area contributed by atoms with Gasteiger partial charge in [-0.15, -0.1) is 0 Å². The van der Waals surface area contributed by atoms with Crippen LogP contribution >= 0.6 is 0 Å². The number of benzene rings is 1. The zero-order chi connectivity index (χ0) is 25.2. The molecular weight excluding hydrogens is 445 g/mol. The second-order valence-corrected chi connectivity index (χ2v) is 8.64. The molecule has 1 saturated heterocycles. The Kier molecular flexibility index (Phi) is 7.43. The van der Waals surface area contributed by atoms with Crippen molar-refractivity contribution in [2.45, 2.75) is 44.8 Å². The molecule has 2 aliphatic heterocycles. The fourth-order valence-electron chi connectivity index (χ4n) is 3.96. The number of fused-ring (bicyclic) bond motifs is 1. The number of likely N-dealkylation sites (N-methyl/N-ethyl adjacent to an activating group) is 2. The molecule has 0 saturated carbocycles. The van der Waals surface area contributed by atoms with Crippen molar-refractivity contribution in [3.8, 4) is 0 Å². The van der Waals surface area contributed by atoms with E-state index in [0.717, 1.165) is 4.90 Å². The number of halogens is 1. The van der Waals surface area contributed by atoms with Gasteiger partial charge in [0.2, 0.25) is 0 Å². The molecule has 10 nitrogen and oxygen atoms in total. The predicted octanol–water partition coefficient (Wildman–Crippen LogP) is 0.0278. The number of Topliss-reactive ketones (excluding diaryl/α,β-unsaturated/α-hetero) is 1. The SMILES string of the molecule is Cc1cc(CNC(=O)C2N=C3C(N(C)C(=O)C(=O)N(C)C)CCCCN3C(=O)C2=O)ccc1F. The number of hydrogen-bond acceptors (Lipinski definition) is 6. The number of aryl methyl sites for hydroxylation is 1. The minimum Gasteiger partial charge on any atom is -0.350 e. The van der Waals surface area contributed by atoms with Crippen LogP contribution in [0.1, 0.15) is 30.4 Å². The first-order chi connectivity index (χ1) is 16.0. The van der Waals surface area contributed by atoms with Gasteiger partial charge in [-0.05, 0) is 43.4 Å². The molecule has 1 fully saturated rings. The molecule has 2 aliphatic rings. The molecule has 1 aromatic rings. The molecule has 3 rings (SSSR count). The van der Waals surface area contributed by atoms with E-state index >= 15 is 0 Å². The summed E-state index contributed by atoms with van der Waals surface area (Å²) < 4.78 is 13.5. The molecule has 0 bridgehead atoms. The molecule has 0 aliphatic carbocycles. The lowest BCUT2D eigenvalue weighted by molar-refractivity contribution is -0.150. The maximum atomic E-state index is 13.5. The van der Waals surface area contributed by atoms with Crippen LogP contribution in [0.5, 0.6) is 0 Å². The number of carbonyl (C=O) groups excluding carboxylic acids is 5. The van der Waals surface area contributed by atoms with Crippen LogP contribution in [0.25, 0.3) is 0 Å². The second-order valence-electron chi connectivity index (χ2n) is 8.64. The average molecular weight is 474 g/mol. The van der Waals surface area contributed by atoms with E-state index in [9.17, 15) is 28.4 Å². The summed E-state index contributed by atoms with van der Waals surface area (Å²) >= 11 is 0. The van der Waals surface area contributed by atoms with Crippen LogP contribution in [0.2, 0.25) is 0 Å². The van der Waals surface area contributed by atoms with Gasteiger partial charge in [-0.2, -0.15) is 0 Å². The van der Waals surface area contributed by atoms with E-state index < -0.39 is 41.5 Å². The van der Waals surface area contributed by atoms with Gasteiger partial charge in [0.15, 0.2) is 6.04 Å². The molecule has 1 N–H and O–H groups in total. The maximum Gasteiger partial charge on any atom is 0.312 e. The molecular formula is C23H28FN5O5. The summed E-state index contributed by atoms with van der Waals surface area (Å²) in [6, 6.07) is 2.01. The number of nitrogens with zero attached hydrogens (tertiary/aromatic N) is 4. The lowest BCUT2D eigenvalue weighted by Gasteiger charge is -2.35. The monoisotopic (exact) mass is 473 g/mol. The fraction of sp³-hybridized carbons (Fsp3) is 0.478. The van der Waals surface area contributed by atoms with E-state index in [4.69, 9.17) is 0 Å². The van der Waals surface area contributed by atoms with Gasteiger partial charge in [0.25, 0.3) is 17.6 Å². The molecule has 4 amide bonds. The van der Waals surface area contributed by atoms with Gasteiger partial charge in [0, 0.05) is 34.2 Å². The summed E-state index contributed by atoms with van der Waals surface area (Å²) in [6.07, 6.45) is 1.64. The van der Waals surface area contributed by atoms with E-state index in [-0.39, 0.29) is 24.7 Å². The summed E-state index contributed by atoms with van der Waals surface area (Å²) in [5, 5.41) is 2.58. The number of amides is 4. The number of aliphatic imine (C=N–C) groups is 1. The van der Waals surface area contributed by atoms with Crippen molar-refractivity contribution in [1.82, 2.24) is 20.0 Å². The van der Waals surface area contributed by atoms with Crippen molar-refractivity contribution < 1.29 is 28.4 Å². The van der Waals surface area contributed by atoms with Crippen LogP contribution in [0.15, 0.2) is 23.2 Å². The fourth-order valence-corrected chi connectivity index (χ4v) is 3.96. The number of ketones is 1. The molecule has 182 valence electrons. The Morgan fingerprint density at radius 1 is 1.15 bits per heavy atom. The Hall–Kier alpha value is -3.63. The summed E-state index contributed by atoms with van der Waals surface area (Å²) in [6.45, 7) is 1.84. The first kappa shape index (κ1) is 25.0. The van der Waals surface area contributed by atoms with Crippen molar-refractivity contribution in [3.05, 3.63) is 35.1 Å². The molecule has 0 radical (unpaired) electrons. The van der Waals surface area contributed by atoms with Crippen LogP contribution < -0.4 is 5.32 Å². The summed E-state index contributed by atoms with van der Waals surface area (Å²) in [5.74, 6) is -4.36. The normalized spacial score (nSPS) is 20.1. The molecule has 2 unspecified atom stereocenters. The Morgan fingerprint density at radius 3 is 2.50 bits per heavy atom. The van der Waals surface area contributed by atoms with Gasteiger partial charge in [0.05, 0.1) is 6.04 Å². The molecule has 11 heteroatoms. The van der Waals surface area contributed by atoms with Crippen molar-refractivity contribution >= 4 is 35.2 Å². The third kappa shape index (κ3) is 4.97. The van der Waals surface area contributed by atoms with Gasteiger partial charge in [-0.1, -0.05) is 12.1 Å². The average Bonchev–Trinajstić information content (AvgIpc) is 3.02. The summed E-state index contributed by atoms with van der Waals surface area (Å²) in [5.41, 5.74) is 1.03. The summed E-state index contributed by atoms with van der Waals surface area (Å²) in [7, 11) is 4.35. The highest BCUT2D eigenvalue weighted by Crippen LogP contribution is 2.23. The van der Waals surface area contributed by atoms with E-state index in [1.165, 1.54) is 43.1 Å². The highest BCUT2D eigenvalue weighted by Gasteiger charge is 2.45. The van der Waals surface area contributed by atoms with Crippen molar-refractivity contribution in [3.63, 3.8) is 0 Å². The van der Waals surface area contributed by atoms with Crippen molar-refractivity contribution in [1.29, 1.82) is 0 Å². The number of rotatable bonds is 4. The van der Waals surface area contributed by atoms with Crippen LogP contribution in [-0.4, -0.2) is 89.7 Å². The molecule has 2 atom stereocenters. The minimum atomic E-state index is -1.60. The Morgan fingerprint density at radius 2 is 1.85 bits per heavy atom. The third-order valence-corrected chi connectivity index (χ3v) is 5.96. The molecule has 34 heavy (non-hydrogen) atoms. The van der Waals surface area contributed by atoms with Crippen LogP contribution in [0, 0.1) is 12.7 Å². The van der Waals surface area contributed by atoms with Gasteiger partial charge in [0.1, 0.15) is 11.7 Å². The van der Waals surface area contributed by atoms with E-state index in [1.54, 1.807) is 13.0 Å². The Bertz CT molecular complexity index is 1070. The largest absolute Gasteiger partial charge is 0.350 e. The first-order valence-electron chi connectivity index (χ1n) is 11.0. The van der Waals surface area contributed by atoms with Crippen LogP contribution in [0.3, 0.4) is 0 Å². The number of hydrogen-bond donors (Lipinski definition) is 1. The highest BCUT2D eigenvalue weighted by atomic mass is 19.1. The number of nitrogens with one attached hydrogen (secondary N) is 1. The quantitative estimate of drug-likeness (QED) is 0.489. The lowest BCUT2D eigenvalue weighted by Crippen LogP contribution is -2.59. The van der Waals surface area contributed by atoms with Crippen LogP contribution in [0.4, 0.5) is 4.39 Å². The van der Waals surface area contributed by atoms with Gasteiger partial charge >= 0.3 is 11.8 Å². The lowest BCUT2D eigenvalue weighted by atomic mass is 10.0. The Labute approximate surface area is 196 Å². The smallest absolute Gasteiger partial charge is 0.312 e. The topological polar surface area (TPSA) is 119 Å². The molecule has 2 heterocycles. The molecule has 1 aromatic carbocycles. The number of carbonyl (C=O) groups is 5. The zero-order valence-corrected chi connectivity index (χ0v) is 19.6. The van der Waals surface area contributed by atoms with Crippen molar-refractivity contribution in [2.24, 2.45) is 4.99 Å². The van der Waals surface area contributed by atoms with Crippen LogP contribution in [-0.2, 0) is 30.5 Å². The zero-order valence-electron chi connectivity index (χ0n) is 19.6. The van der Waals surface area contributed by atoms with E-state index in [0.29, 0.717) is 30.4 Å². The van der Waals surface area contributed by atoms with Gasteiger partial charge < -0.3 is 15.1 Å². The summed E-state index contributed by atoms with van der Waals surface area (Å²) in [4.78, 5) is 71.1. The maximum absolute atomic E-state index is 13.5. The van der Waals surface area contributed by atoms with Gasteiger partial charge in [-0.3, -0.25) is 28.9 Å². The minimum absolute atomic E-state index is 0.0195. The molecule has 0 aromatic heterocycles. The van der Waals surface area contributed by atoms with Gasteiger partial charge in [-0.25, -0.2) is 9.38 Å². The van der Waals surface area contributed by atoms with Crippen molar-refractivity contribution in [2.75, 3.05) is 27.7 Å².